The number of carbonyl (C=O) groups is 2. The van der Waals surface area contributed by atoms with Gasteiger partial charge in [0.25, 0.3) is 0 Å². The maximum absolute atomic E-state index is 12.1. The Morgan fingerprint density at radius 3 is 2.20 bits per heavy atom. The molecule has 2 amide bonds. The van der Waals surface area contributed by atoms with Crippen LogP contribution in [-0.4, -0.2) is 24.4 Å². The number of rotatable bonds is 6. The molecule has 0 saturated heterocycles. The largest absolute Gasteiger partial charge is 0.354 e. The van der Waals surface area contributed by atoms with Crippen molar-refractivity contribution >= 4 is 11.8 Å². The Hall–Kier alpha value is -1.84. The highest BCUT2D eigenvalue weighted by Gasteiger charge is 2.23. The van der Waals surface area contributed by atoms with Crippen molar-refractivity contribution in [3.05, 3.63) is 35.9 Å². The van der Waals surface area contributed by atoms with E-state index in [1.54, 1.807) is 0 Å². The summed E-state index contributed by atoms with van der Waals surface area (Å²) in [6.07, 6.45) is 0. The molecule has 0 aliphatic heterocycles. The summed E-state index contributed by atoms with van der Waals surface area (Å²) in [4.78, 5) is 23.3. The van der Waals surface area contributed by atoms with Crippen LogP contribution in [0.3, 0.4) is 0 Å². The van der Waals surface area contributed by atoms with Crippen molar-refractivity contribution in [1.82, 2.24) is 10.6 Å². The highest BCUT2D eigenvalue weighted by atomic mass is 16.2. The first-order valence-electron chi connectivity index (χ1n) is 7.01. The average Bonchev–Trinajstić information content (AvgIpc) is 2.42. The van der Waals surface area contributed by atoms with E-state index in [9.17, 15) is 9.59 Å². The van der Waals surface area contributed by atoms with Gasteiger partial charge < -0.3 is 10.6 Å². The van der Waals surface area contributed by atoms with Gasteiger partial charge in [0.05, 0.1) is 0 Å². The van der Waals surface area contributed by atoms with Crippen LogP contribution in [0.5, 0.6) is 0 Å². The molecule has 4 nitrogen and oxygen atoms in total. The van der Waals surface area contributed by atoms with Gasteiger partial charge in [-0.15, -0.1) is 0 Å². The minimum Gasteiger partial charge on any atom is -0.354 e. The average molecular weight is 276 g/mol. The van der Waals surface area contributed by atoms with Gasteiger partial charge in [-0.1, -0.05) is 51.1 Å². The Morgan fingerprint density at radius 1 is 1.10 bits per heavy atom. The van der Waals surface area contributed by atoms with Crippen LogP contribution in [0.2, 0.25) is 0 Å². The zero-order valence-electron chi connectivity index (χ0n) is 12.6. The van der Waals surface area contributed by atoms with Gasteiger partial charge in [0.15, 0.2) is 0 Å². The SMILES string of the molecule is CC(=O)N[C@H](C(=O)NC[C@H](C)c1ccccc1)C(C)C. The molecule has 0 aromatic heterocycles. The number of hydrogen-bond acceptors (Lipinski definition) is 2. The van der Waals surface area contributed by atoms with Crippen LogP contribution < -0.4 is 10.6 Å². The van der Waals surface area contributed by atoms with Gasteiger partial charge in [0.1, 0.15) is 6.04 Å². The molecule has 20 heavy (non-hydrogen) atoms. The molecule has 0 spiro atoms. The second-order valence-electron chi connectivity index (χ2n) is 5.48. The summed E-state index contributed by atoms with van der Waals surface area (Å²) in [5.74, 6) is -0.0100. The van der Waals surface area contributed by atoms with E-state index in [-0.39, 0.29) is 23.7 Å². The van der Waals surface area contributed by atoms with E-state index >= 15 is 0 Å². The molecule has 0 saturated carbocycles. The molecule has 0 fully saturated rings. The minimum absolute atomic E-state index is 0.0610. The van der Waals surface area contributed by atoms with E-state index in [4.69, 9.17) is 0 Å². The second-order valence-corrected chi connectivity index (χ2v) is 5.48. The molecule has 1 rings (SSSR count). The number of hydrogen-bond donors (Lipinski definition) is 2. The van der Waals surface area contributed by atoms with Gasteiger partial charge in [0, 0.05) is 13.5 Å². The molecular weight excluding hydrogens is 252 g/mol. The fourth-order valence-corrected chi connectivity index (χ4v) is 2.02. The molecule has 0 aliphatic carbocycles. The highest BCUT2D eigenvalue weighted by molar-refractivity contribution is 5.87. The fraction of sp³-hybridized carbons (Fsp3) is 0.500. The van der Waals surface area contributed by atoms with E-state index in [1.807, 2.05) is 44.2 Å². The highest BCUT2D eigenvalue weighted by Crippen LogP contribution is 2.13. The van der Waals surface area contributed by atoms with E-state index in [2.05, 4.69) is 17.6 Å². The fourth-order valence-electron chi connectivity index (χ4n) is 2.02. The maximum Gasteiger partial charge on any atom is 0.242 e. The normalized spacial score (nSPS) is 13.7. The molecule has 0 radical (unpaired) electrons. The van der Waals surface area contributed by atoms with Gasteiger partial charge in [0.2, 0.25) is 11.8 Å². The van der Waals surface area contributed by atoms with Gasteiger partial charge >= 0.3 is 0 Å². The lowest BCUT2D eigenvalue weighted by Crippen LogP contribution is -2.49. The predicted octanol–water partition coefficient (Wildman–Crippen LogP) is 2.07. The smallest absolute Gasteiger partial charge is 0.242 e. The lowest BCUT2D eigenvalue weighted by atomic mass is 10.00. The summed E-state index contributed by atoms with van der Waals surface area (Å²) in [6, 6.07) is 9.56. The van der Waals surface area contributed by atoms with Crippen LogP contribution in [0.25, 0.3) is 0 Å². The second kappa shape index (κ2) is 7.68. The zero-order chi connectivity index (χ0) is 15.1. The third-order valence-corrected chi connectivity index (χ3v) is 3.26. The summed E-state index contributed by atoms with van der Waals surface area (Å²) in [7, 11) is 0. The maximum atomic E-state index is 12.1. The molecule has 1 aromatic rings. The van der Waals surface area contributed by atoms with E-state index in [1.165, 1.54) is 12.5 Å². The molecule has 110 valence electrons. The van der Waals surface area contributed by atoms with Crippen molar-refractivity contribution in [2.24, 2.45) is 5.92 Å². The van der Waals surface area contributed by atoms with Gasteiger partial charge in [-0.3, -0.25) is 9.59 Å². The van der Waals surface area contributed by atoms with Crippen LogP contribution in [-0.2, 0) is 9.59 Å². The Morgan fingerprint density at radius 2 is 1.70 bits per heavy atom. The Kier molecular flexibility index (Phi) is 6.22. The first-order chi connectivity index (χ1) is 9.41. The van der Waals surface area contributed by atoms with Crippen LogP contribution >= 0.6 is 0 Å². The van der Waals surface area contributed by atoms with Crippen molar-refractivity contribution in [2.45, 2.75) is 39.7 Å². The third-order valence-electron chi connectivity index (χ3n) is 3.26. The van der Waals surface area contributed by atoms with Crippen LogP contribution in [0.4, 0.5) is 0 Å². The summed E-state index contributed by atoms with van der Waals surface area (Å²) >= 11 is 0. The molecule has 2 atom stereocenters. The molecule has 0 heterocycles. The summed E-state index contributed by atoms with van der Waals surface area (Å²) in [5, 5.41) is 5.61. The van der Waals surface area contributed by atoms with E-state index in [0.717, 1.165) is 0 Å². The van der Waals surface area contributed by atoms with Crippen molar-refractivity contribution in [1.29, 1.82) is 0 Å². The summed E-state index contributed by atoms with van der Waals surface area (Å²) in [5.41, 5.74) is 1.19. The molecule has 2 N–H and O–H groups in total. The summed E-state index contributed by atoms with van der Waals surface area (Å²) in [6.45, 7) is 7.89. The van der Waals surface area contributed by atoms with E-state index < -0.39 is 6.04 Å². The van der Waals surface area contributed by atoms with E-state index in [0.29, 0.717) is 6.54 Å². The van der Waals surface area contributed by atoms with Crippen LogP contribution in [0.1, 0.15) is 39.2 Å². The zero-order valence-corrected chi connectivity index (χ0v) is 12.6. The molecule has 0 unspecified atom stereocenters. The number of benzene rings is 1. The van der Waals surface area contributed by atoms with Gasteiger partial charge in [-0.05, 0) is 17.4 Å². The molecule has 0 bridgehead atoms. The van der Waals surface area contributed by atoms with Gasteiger partial charge in [-0.2, -0.15) is 0 Å². The minimum atomic E-state index is -0.476. The van der Waals surface area contributed by atoms with Crippen LogP contribution in [0.15, 0.2) is 30.3 Å². The lowest BCUT2D eigenvalue weighted by Gasteiger charge is -2.22. The number of carbonyl (C=O) groups excluding carboxylic acids is 2. The monoisotopic (exact) mass is 276 g/mol. The Labute approximate surface area is 121 Å². The molecule has 1 aromatic carbocycles. The number of amides is 2. The van der Waals surface area contributed by atoms with Crippen molar-refractivity contribution in [3.63, 3.8) is 0 Å². The number of nitrogens with one attached hydrogen (secondary N) is 2. The lowest BCUT2D eigenvalue weighted by molar-refractivity contribution is -0.129. The quantitative estimate of drug-likeness (QED) is 0.835. The first kappa shape index (κ1) is 16.2. The van der Waals surface area contributed by atoms with Crippen molar-refractivity contribution in [3.8, 4) is 0 Å². The van der Waals surface area contributed by atoms with Crippen molar-refractivity contribution in [2.75, 3.05) is 6.54 Å². The van der Waals surface area contributed by atoms with Crippen LogP contribution in [0, 0.1) is 5.92 Å². The molecule has 0 aliphatic rings. The van der Waals surface area contributed by atoms with Crippen molar-refractivity contribution < 1.29 is 9.59 Å². The Balaban J connectivity index is 2.55. The topological polar surface area (TPSA) is 58.2 Å². The molecule has 4 heteroatoms. The third kappa shape index (κ3) is 5.03. The predicted molar refractivity (Wildman–Crippen MR) is 80.3 cm³/mol. The summed E-state index contributed by atoms with van der Waals surface area (Å²) < 4.78 is 0. The Bertz CT molecular complexity index is 443. The standard InChI is InChI=1S/C16H24N2O2/c1-11(2)15(18-13(4)19)16(20)17-10-12(3)14-8-6-5-7-9-14/h5-9,11-12,15H,10H2,1-4H3,(H,17,20)(H,18,19)/t12-,15-/m0/s1. The van der Waals surface area contributed by atoms with Gasteiger partial charge in [-0.25, -0.2) is 0 Å². The first-order valence-corrected chi connectivity index (χ1v) is 7.01. The molecular formula is C16H24N2O2.